The van der Waals surface area contributed by atoms with Crippen LogP contribution in [0.4, 0.5) is 5.69 Å². The maximum Gasteiger partial charge on any atom is 0.306 e. The van der Waals surface area contributed by atoms with Crippen molar-refractivity contribution >= 4 is 23.3 Å². The second-order valence-corrected chi connectivity index (χ2v) is 4.14. The van der Waals surface area contributed by atoms with Crippen LogP contribution in [0.3, 0.4) is 0 Å². The maximum atomic E-state index is 10.9. The summed E-state index contributed by atoms with van der Waals surface area (Å²) in [6.45, 7) is 0.660. The highest BCUT2D eigenvalue weighted by atomic mass is 35.5. The van der Waals surface area contributed by atoms with Crippen LogP contribution in [0.2, 0.25) is 5.02 Å². The van der Waals surface area contributed by atoms with Crippen LogP contribution in [0.25, 0.3) is 0 Å². The summed E-state index contributed by atoms with van der Waals surface area (Å²) in [6, 6.07) is 5.59. The van der Waals surface area contributed by atoms with Gasteiger partial charge in [-0.3, -0.25) is 4.79 Å². The second-order valence-electron chi connectivity index (χ2n) is 3.73. The van der Waals surface area contributed by atoms with E-state index >= 15 is 0 Å². The normalized spacial score (nSPS) is 19.9. The van der Waals surface area contributed by atoms with Crippen LogP contribution < -0.4 is 5.32 Å². The molecule has 80 valence electrons. The first-order valence-electron chi connectivity index (χ1n) is 4.92. The molecule has 1 aromatic rings. The number of halogens is 1. The Morgan fingerprint density at radius 1 is 1.53 bits per heavy atom. The number of carboxylic acids is 1. The summed E-state index contributed by atoms with van der Waals surface area (Å²) in [5.74, 6) is -1.04. The average Bonchev–Trinajstić information content (AvgIpc) is 2.40. The maximum absolute atomic E-state index is 10.9. The molecule has 0 aliphatic carbocycles. The number of carboxylic acid groups (broad SMARTS) is 1. The smallest absolute Gasteiger partial charge is 0.306 e. The average molecular weight is 226 g/mol. The van der Waals surface area contributed by atoms with E-state index in [0.29, 0.717) is 24.4 Å². The molecule has 1 aliphatic rings. The molecule has 15 heavy (non-hydrogen) atoms. The van der Waals surface area contributed by atoms with Gasteiger partial charge in [-0.25, -0.2) is 0 Å². The van der Waals surface area contributed by atoms with E-state index < -0.39 is 5.97 Å². The Morgan fingerprint density at radius 2 is 2.33 bits per heavy atom. The molecule has 0 aromatic heterocycles. The van der Waals surface area contributed by atoms with E-state index in [9.17, 15) is 4.79 Å². The molecule has 0 amide bonds. The number of hydrogen-bond acceptors (Lipinski definition) is 2. The first-order chi connectivity index (χ1) is 7.18. The van der Waals surface area contributed by atoms with E-state index in [-0.39, 0.29) is 5.92 Å². The molecule has 0 bridgehead atoms. The quantitative estimate of drug-likeness (QED) is 0.772. The van der Waals surface area contributed by atoms with Gasteiger partial charge in [-0.15, -0.1) is 0 Å². The standard InChI is InChI=1S/C11H12ClNO2/c12-9-3-1-2-7-6-8(11(14)15)4-5-13-10(7)9/h1-3,8,13H,4-6H2,(H,14,15). The molecule has 1 heterocycles. The number of aliphatic carboxylic acids is 1. The predicted molar refractivity (Wildman–Crippen MR) is 59.4 cm³/mol. The largest absolute Gasteiger partial charge is 0.481 e. The molecule has 3 nitrogen and oxygen atoms in total. The van der Waals surface area contributed by atoms with Crippen LogP contribution in [-0.2, 0) is 11.2 Å². The van der Waals surface area contributed by atoms with Crippen LogP contribution in [0.5, 0.6) is 0 Å². The summed E-state index contributed by atoms with van der Waals surface area (Å²) in [5.41, 5.74) is 1.88. The Labute approximate surface area is 93.1 Å². The molecule has 0 radical (unpaired) electrons. The summed E-state index contributed by atoms with van der Waals surface area (Å²) in [7, 11) is 0. The zero-order valence-electron chi connectivity index (χ0n) is 8.16. The van der Waals surface area contributed by atoms with Gasteiger partial charge >= 0.3 is 5.97 Å². The van der Waals surface area contributed by atoms with Crippen molar-refractivity contribution in [2.75, 3.05) is 11.9 Å². The fourth-order valence-electron chi connectivity index (χ4n) is 1.89. The molecule has 2 rings (SSSR count). The van der Waals surface area contributed by atoms with Crippen molar-refractivity contribution < 1.29 is 9.90 Å². The molecule has 1 atom stereocenters. The summed E-state index contributed by atoms with van der Waals surface area (Å²) in [4.78, 5) is 10.9. The lowest BCUT2D eigenvalue weighted by atomic mass is 9.97. The lowest BCUT2D eigenvalue weighted by Gasteiger charge is -2.09. The minimum absolute atomic E-state index is 0.308. The number of para-hydroxylation sites is 1. The van der Waals surface area contributed by atoms with Crippen molar-refractivity contribution in [2.24, 2.45) is 5.92 Å². The second kappa shape index (κ2) is 4.11. The van der Waals surface area contributed by atoms with E-state index in [1.165, 1.54) is 0 Å². The number of fused-ring (bicyclic) bond motifs is 1. The molecule has 0 saturated heterocycles. The third-order valence-electron chi connectivity index (χ3n) is 2.71. The van der Waals surface area contributed by atoms with Gasteiger partial charge in [0.25, 0.3) is 0 Å². The molecule has 1 aromatic carbocycles. The van der Waals surface area contributed by atoms with Crippen LogP contribution in [-0.4, -0.2) is 17.6 Å². The zero-order valence-corrected chi connectivity index (χ0v) is 8.92. The Kier molecular flexibility index (Phi) is 2.82. The Bertz CT molecular complexity index is 392. The highest BCUT2D eigenvalue weighted by Gasteiger charge is 2.22. The molecule has 2 N–H and O–H groups in total. The van der Waals surface area contributed by atoms with E-state index in [4.69, 9.17) is 16.7 Å². The first kappa shape index (κ1) is 10.3. The molecule has 4 heteroatoms. The number of carbonyl (C=O) groups is 1. The van der Waals surface area contributed by atoms with Gasteiger partial charge < -0.3 is 10.4 Å². The fourth-order valence-corrected chi connectivity index (χ4v) is 2.15. The lowest BCUT2D eigenvalue weighted by Crippen LogP contribution is -2.16. The summed E-state index contributed by atoms with van der Waals surface area (Å²) in [6.07, 6.45) is 1.19. The van der Waals surface area contributed by atoms with Gasteiger partial charge in [0.05, 0.1) is 16.6 Å². The summed E-state index contributed by atoms with van der Waals surface area (Å²) < 4.78 is 0. The lowest BCUT2D eigenvalue weighted by molar-refractivity contribution is -0.141. The molecule has 0 fully saturated rings. The van der Waals surface area contributed by atoms with Crippen LogP contribution in [0, 0.1) is 5.92 Å². The molecule has 1 aliphatic heterocycles. The Morgan fingerprint density at radius 3 is 3.07 bits per heavy atom. The first-order valence-corrected chi connectivity index (χ1v) is 5.30. The third kappa shape index (κ3) is 2.07. The van der Waals surface area contributed by atoms with Gasteiger partial charge in [0.1, 0.15) is 0 Å². The number of nitrogens with one attached hydrogen (secondary N) is 1. The minimum Gasteiger partial charge on any atom is -0.481 e. The Hall–Kier alpha value is -1.22. The molecular weight excluding hydrogens is 214 g/mol. The molecular formula is C11H12ClNO2. The summed E-state index contributed by atoms with van der Waals surface area (Å²) in [5, 5.41) is 12.8. The van der Waals surface area contributed by atoms with Gasteiger partial charge in [0.2, 0.25) is 0 Å². The zero-order chi connectivity index (χ0) is 10.8. The van der Waals surface area contributed by atoms with Crippen molar-refractivity contribution in [2.45, 2.75) is 12.8 Å². The number of anilines is 1. The molecule has 0 saturated carbocycles. The van der Waals surface area contributed by atoms with Crippen molar-refractivity contribution in [1.29, 1.82) is 0 Å². The SMILES string of the molecule is O=C(O)C1CCNc2c(Cl)cccc2C1. The van der Waals surface area contributed by atoms with E-state index in [0.717, 1.165) is 11.3 Å². The predicted octanol–water partition coefficient (Wildman–Crippen LogP) is 2.40. The van der Waals surface area contributed by atoms with Gasteiger partial charge in [0.15, 0.2) is 0 Å². The molecule has 1 unspecified atom stereocenters. The highest BCUT2D eigenvalue weighted by Crippen LogP contribution is 2.30. The van der Waals surface area contributed by atoms with Crippen molar-refractivity contribution in [3.8, 4) is 0 Å². The van der Waals surface area contributed by atoms with E-state index in [2.05, 4.69) is 5.32 Å². The summed E-state index contributed by atoms with van der Waals surface area (Å²) >= 11 is 6.03. The third-order valence-corrected chi connectivity index (χ3v) is 3.03. The highest BCUT2D eigenvalue weighted by molar-refractivity contribution is 6.33. The number of benzene rings is 1. The van der Waals surface area contributed by atoms with E-state index in [1.54, 1.807) is 0 Å². The topological polar surface area (TPSA) is 49.3 Å². The van der Waals surface area contributed by atoms with Crippen molar-refractivity contribution in [3.63, 3.8) is 0 Å². The van der Waals surface area contributed by atoms with Crippen LogP contribution in [0.1, 0.15) is 12.0 Å². The van der Waals surface area contributed by atoms with Crippen molar-refractivity contribution in [3.05, 3.63) is 28.8 Å². The van der Waals surface area contributed by atoms with Crippen LogP contribution >= 0.6 is 11.6 Å². The minimum atomic E-state index is -0.732. The fraction of sp³-hybridized carbons (Fsp3) is 0.364. The number of hydrogen-bond donors (Lipinski definition) is 2. The monoisotopic (exact) mass is 225 g/mol. The van der Waals surface area contributed by atoms with E-state index in [1.807, 2.05) is 18.2 Å². The van der Waals surface area contributed by atoms with Gasteiger partial charge in [0, 0.05) is 6.54 Å². The molecule has 0 spiro atoms. The van der Waals surface area contributed by atoms with Crippen molar-refractivity contribution in [1.82, 2.24) is 0 Å². The number of rotatable bonds is 1. The van der Waals surface area contributed by atoms with Crippen LogP contribution in [0.15, 0.2) is 18.2 Å². The van der Waals surface area contributed by atoms with Gasteiger partial charge in [-0.2, -0.15) is 0 Å². The van der Waals surface area contributed by atoms with Gasteiger partial charge in [-0.1, -0.05) is 23.7 Å². The van der Waals surface area contributed by atoms with Gasteiger partial charge in [-0.05, 0) is 24.5 Å². The Balaban J connectivity index is 2.34.